The van der Waals surface area contributed by atoms with Crippen LogP contribution in [0.25, 0.3) is 10.8 Å². The van der Waals surface area contributed by atoms with Crippen LogP contribution in [0.1, 0.15) is 11.1 Å². The molecule has 0 fully saturated rings. The summed E-state index contributed by atoms with van der Waals surface area (Å²) in [6, 6.07) is 14.4. The van der Waals surface area contributed by atoms with Crippen molar-refractivity contribution in [3.63, 3.8) is 0 Å². The minimum Gasteiger partial charge on any atom is -1.00 e. The smallest absolute Gasteiger partial charge is 0.174 e. The van der Waals surface area contributed by atoms with Crippen LogP contribution < -0.4 is 26.9 Å². The number of pyridine rings is 1. The molecule has 1 N–H and O–H groups in total. The van der Waals surface area contributed by atoms with E-state index < -0.39 is 0 Å². The second-order valence-corrected chi connectivity index (χ2v) is 4.93. The van der Waals surface area contributed by atoms with Crippen LogP contribution in [0.2, 0.25) is 0 Å². The summed E-state index contributed by atoms with van der Waals surface area (Å²) in [5, 5.41) is 2.49. The summed E-state index contributed by atoms with van der Waals surface area (Å²) in [5.41, 5.74) is 2.46. The van der Waals surface area contributed by atoms with Gasteiger partial charge in [-0.15, -0.1) is 0 Å². The van der Waals surface area contributed by atoms with Crippen LogP contribution in [0.4, 0.5) is 0 Å². The molecule has 0 spiro atoms. The molecule has 3 rings (SSSR count). The van der Waals surface area contributed by atoms with Crippen molar-refractivity contribution in [1.29, 1.82) is 0 Å². The van der Waals surface area contributed by atoms with Crippen LogP contribution >= 0.6 is 0 Å². The molecule has 3 nitrogen and oxygen atoms in total. The lowest BCUT2D eigenvalue weighted by Gasteiger charge is -2.09. The number of benzene rings is 2. The van der Waals surface area contributed by atoms with Gasteiger partial charge in [-0.3, -0.25) is 0 Å². The summed E-state index contributed by atoms with van der Waals surface area (Å²) in [4.78, 5) is 3.22. The first-order chi connectivity index (χ1) is 10.3. The van der Waals surface area contributed by atoms with Crippen molar-refractivity contribution in [1.82, 2.24) is 0 Å². The highest BCUT2D eigenvalue weighted by Crippen LogP contribution is 2.29. The largest absolute Gasteiger partial charge is 1.00 e. The van der Waals surface area contributed by atoms with Crippen molar-refractivity contribution < 1.29 is 26.9 Å². The third-order valence-corrected chi connectivity index (χ3v) is 3.65. The number of hydrogen-bond donors (Lipinski definition) is 0. The predicted molar refractivity (Wildman–Crippen MR) is 82.9 cm³/mol. The molecule has 0 aliphatic rings. The van der Waals surface area contributed by atoms with E-state index in [9.17, 15) is 0 Å². The van der Waals surface area contributed by atoms with Gasteiger partial charge in [0.15, 0.2) is 23.9 Å². The summed E-state index contributed by atoms with van der Waals surface area (Å²) >= 11 is 0. The summed E-state index contributed by atoms with van der Waals surface area (Å²) in [5.74, 6) is 1.52. The molecule has 0 atom stereocenters. The minimum atomic E-state index is 0. The predicted octanol–water partition coefficient (Wildman–Crippen LogP) is 0.266. The maximum absolute atomic E-state index is 5.37. The molecule has 114 valence electrons. The van der Waals surface area contributed by atoms with Gasteiger partial charge in [0.1, 0.15) is 0 Å². The first-order valence-electron chi connectivity index (χ1n) is 6.90. The number of nitrogens with one attached hydrogen (secondary N) is 1. The lowest BCUT2D eigenvalue weighted by atomic mass is 10.0. The van der Waals surface area contributed by atoms with Gasteiger partial charge in [0.25, 0.3) is 0 Å². The maximum atomic E-state index is 5.37. The Kier molecular flexibility index (Phi) is 5.23. The van der Waals surface area contributed by atoms with Crippen molar-refractivity contribution in [3.8, 4) is 11.5 Å². The first kappa shape index (κ1) is 16.1. The van der Waals surface area contributed by atoms with Gasteiger partial charge in [0.2, 0.25) is 0 Å². The molecular formula is C18H18ClNO2. The zero-order valence-electron chi connectivity index (χ0n) is 12.6. The van der Waals surface area contributed by atoms with Gasteiger partial charge in [-0.05, 0) is 29.1 Å². The first-order valence-corrected chi connectivity index (χ1v) is 6.90. The Balaban J connectivity index is 0.00000176. The number of ether oxygens (including phenoxy) is 2. The Labute approximate surface area is 136 Å². The SMILES string of the molecule is COc1ccc(Cc2c[nH+]cc3ccccc23)cc1OC.[Cl-]. The van der Waals surface area contributed by atoms with Gasteiger partial charge in [-0.1, -0.05) is 24.3 Å². The van der Waals surface area contributed by atoms with Crippen molar-refractivity contribution >= 4 is 10.8 Å². The van der Waals surface area contributed by atoms with Crippen LogP contribution in [-0.4, -0.2) is 14.2 Å². The average Bonchev–Trinajstić information content (AvgIpc) is 2.55. The average molecular weight is 316 g/mol. The normalized spacial score (nSPS) is 10.1. The van der Waals surface area contributed by atoms with Crippen LogP contribution in [-0.2, 0) is 6.42 Å². The van der Waals surface area contributed by atoms with E-state index in [1.165, 1.54) is 21.9 Å². The summed E-state index contributed by atoms with van der Waals surface area (Å²) in [6.07, 6.45) is 4.92. The van der Waals surface area contributed by atoms with Gasteiger partial charge in [0.05, 0.1) is 14.2 Å². The third kappa shape index (κ3) is 3.15. The standard InChI is InChI=1S/C18H17NO2.ClH/c1-20-17-8-7-13(10-18(17)21-2)9-15-12-19-11-14-5-3-4-6-16(14)15;/h3-8,10-12H,9H2,1-2H3;1H. The van der Waals surface area contributed by atoms with Crippen LogP contribution in [0.3, 0.4) is 0 Å². The van der Waals surface area contributed by atoms with Crippen molar-refractivity contribution in [2.45, 2.75) is 6.42 Å². The van der Waals surface area contributed by atoms with Gasteiger partial charge >= 0.3 is 0 Å². The molecule has 0 saturated heterocycles. The van der Waals surface area contributed by atoms with E-state index in [1.54, 1.807) is 14.2 Å². The number of halogens is 1. The van der Waals surface area contributed by atoms with E-state index in [1.807, 2.05) is 18.3 Å². The zero-order chi connectivity index (χ0) is 14.7. The van der Waals surface area contributed by atoms with Crippen LogP contribution in [0.5, 0.6) is 11.5 Å². The molecule has 0 radical (unpaired) electrons. The van der Waals surface area contributed by atoms with E-state index in [4.69, 9.17) is 9.47 Å². The fourth-order valence-corrected chi connectivity index (χ4v) is 2.58. The van der Waals surface area contributed by atoms with Crippen LogP contribution in [0.15, 0.2) is 54.9 Å². The van der Waals surface area contributed by atoms with Crippen LogP contribution in [0, 0.1) is 0 Å². The highest BCUT2D eigenvalue weighted by molar-refractivity contribution is 5.84. The molecule has 0 aliphatic heterocycles. The number of aromatic amines is 1. The maximum Gasteiger partial charge on any atom is 0.174 e. The van der Waals surface area contributed by atoms with Gasteiger partial charge in [0, 0.05) is 17.4 Å². The van der Waals surface area contributed by atoms with E-state index in [0.29, 0.717) is 0 Å². The molecule has 0 saturated carbocycles. The molecule has 0 bridgehead atoms. The van der Waals surface area contributed by atoms with Gasteiger partial charge < -0.3 is 21.9 Å². The van der Waals surface area contributed by atoms with E-state index in [0.717, 1.165) is 17.9 Å². The van der Waals surface area contributed by atoms with E-state index in [-0.39, 0.29) is 12.4 Å². The summed E-state index contributed by atoms with van der Waals surface area (Å²) in [6.45, 7) is 0. The highest BCUT2D eigenvalue weighted by Gasteiger charge is 2.09. The third-order valence-electron chi connectivity index (χ3n) is 3.65. The Morgan fingerprint density at radius 3 is 2.45 bits per heavy atom. The van der Waals surface area contributed by atoms with E-state index in [2.05, 4.69) is 41.5 Å². The Bertz CT molecular complexity index is 769. The molecule has 2 aromatic carbocycles. The highest BCUT2D eigenvalue weighted by atomic mass is 35.5. The Morgan fingerprint density at radius 1 is 0.909 bits per heavy atom. The number of rotatable bonds is 4. The number of aromatic nitrogens is 1. The molecule has 0 aliphatic carbocycles. The van der Waals surface area contributed by atoms with Crippen molar-refractivity contribution in [2.24, 2.45) is 0 Å². The molecule has 1 aromatic heterocycles. The summed E-state index contributed by atoms with van der Waals surface area (Å²) < 4.78 is 10.6. The number of hydrogen-bond acceptors (Lipinski definition) is 2. The van der Waals surface area contributed by atoms with Crippen molar-refractivity contribution in [3.05, 3.63) is 66.0 Å². The molecular weight excluding hydrogens is 298 g/mol. The molecule has 4 heteroatoms. The monoisotopic (exact) mass is 315 g/mol. The molecule has 1 heterocycles. The fraction of sp³-hybridized carbons (Fsp3) is 0.167. The number of H-pyrrole nitrogens is 1. The summed E-state index contributed by atoms with van der Waals surface area (Å²) in [7, 11) is 3.31. The second-order valence-electron chi connectivity index (χ2n) is 4.93. The Morgan fingerprint density at radius 2 is 1.68 bits per heavy atom. The second kappa shape index (κ2) is 7.14. The zero-order valence-corrected chi connectivity index (χ0v) is 13.4. The Hall–Kier alpha value is -2.26. The van der Waals surface area contributed by atoms with Gasteiger partial charge in [-0.25, -0.2) is 4.98 Å². The number of methoxy groups -OCH3 is 2. The molecule has 0 unspecified atom stereocenters. The number of fused-ring (bicyclic) bond motifs is 1. The van der Waals surface area contributed by atoms with E-state index >= 15 is 0 Å². The molecule has 0 amide bonds. The lowest BCUT2D eigenvalue weighted by molar-refractivity contribution is -0.376. The van der Waals surface area contributed by atoms with Crippen molar-refractivity contribution in [2.75, 3.05) is 14.2 Å². The molecule has 3 aromatic rings. The minimum absolute atomic E-state index is 0. The molecule has 22 heavy (non-hydrogen) atoms. The lowest BCUT2D eigenvalue weighted by Crippen LogP contribution is -3.00. The topological polar surface area (TPSA) is 32.6 Å². The fourth-order valence-electron chi connectivity index (χ4n) is 2.58. The van der Waals surface area contributed by atoms with Gasteiger partial charge in [-0.2, -0.15) is 0 Å². The quantitative estimate of drug-likeness (QED) is 0.692.